The van der Waals surface area contributed by atoms with Crippen LogP contribution in [0.15, 0.2) is 73.1 Å². The highest BCUT2D eigenvalue weighted by Gasteiger charge is 2.58. The minimum absolute atomic E-state index is 0.140. The number of benzene rings is 2. The number of pyridine rings is 1. The van der Waals surface area contributed by atoms with E-state index in [4.69, 9.17) is 11.6 Å². The Morgan fingerprint density at radius 2 is 1.39 bits per heavy atom. The first-order valence-corrected chi connectivity index (χ1v) is 10.8. The summed E-state index contributed by atoms with van der Waals surface area (Å²) in [5.41, 5.74) is 1.46. The van der Waals surface area contributed by atoms with E-state index >= 15 is 0 Å². The summed E-state index contributed by atoms with van der Waals surface area (Å²) in [7, 11) is 0. The van der Waals surface area contributed by atoms with Gasteiger partial charge in [0.1, 0.15) is 0 Å². The second kappa shape index (κ2) is 8.00. The quantitative estimate of drug-likeness (QED) is 0.588. The first-order chi connectivity index (χ1) is 15.1. The summed E-state index contributed by atoms with van der Waals surface area (Å²) in [6, 6.07) is 18.6. The first-order valence-electron chi connectivity index (χ1n) is 10.4. The van der Waals surface area contributed by atoms with Crippen LogP contribution in [0.3, 0.4) is 0 Å². The number of ketones is 2. The molecule has 1 aliphatic carbocycles. The maximum absolute atomic E-state index is 13.7. The Morgan fingerprint density at radius 3 is 2.00 bits per heavy atom. The van der Waals surface area contributed by atoms with Gasteiger partial charge in [0, 0.05) is 61.3 Å². The van der Waals surface area contributed by atoms with Crippen LogP contribution in [0.5, 0.6) is 0 Å². The van der Waals surface area contributed by atoms with Crippen molar-refractivity contribution in [3.05, 3.63) is 100 Å². The number of Topliss-reactive ketones (excluding diaryl/α,β-unsaturated/α-hetero) is 2. The summed E-state index contributed by atoms with van der Waals surface area (Å²) in [5.74, 6) is -0.280. The number of piperazine rings is 1. The second-order valence-electron chi connectivity index (χ2n) is 8.00. The molecule has 31 heavy (non-hydrogen) atoms. The molecule has 2 aromatic carbocycles. The normalized spacial score (nSPS) is 18.9. The molecular formula is C25H22ClN3O2. The third-order valence-electron chi connectivity index (χ3n) is 6.37. The molecule has 0 saturated carbocycles. The van der Waals surface area contributed by atoms with Gasteiger partial charge < -0.3 is 0 Å². The van der Waals surface area contributed by atoms with Gasteiger partial charge >= 0.3 is 0 Å². The topological polar surface area (TPSA) is 53.5 Å². The van der Waals surface area contributed by atoms with Crippen LogP contribution in [0.2, 0.25) is 5.02 Å². The van der Waals surface area contributed by atoms with E-state index in [-0.39, 0.29) is 11.6 Å². The van der Waals surface area contributed by atoms with Crippen molar-refractivity contribution in [3.8, 4) is 0 Å². The number of aromatic nitrogens is 1. The van der Waals surface area contributed by atoms with Crippen molar-refractivity contribution < 1.29 is 9.59 Å². The molecule has 0 bridgehead atoms. The van der Waals surface area contributed by atoms with Crippen molar-refractivity contribution in [3.63, 3.8) is 0 Å². The molecule has 0 radical (unpaired) electrons. The molecule has 1 fully saturated rings. The van der Waals surface area contributed by atoms with Crippen molar-refractivity contribution in [2.45, 2.75) is 12.1 Å². The lowest BCUT2D eigenvalue weighted by Gasteiger charge is -2.44. The Labute approximate surface area is 186 Å². The molecule has 1 aliphatic heterocycles. The van der Waals surface area contributed by atoms with Gasteiger partial charge in [-0.05, 0) is 29.3 Å². The van der Waals surface area contributed by atoms with Crippen LogP contribution in [-0.4, -0.2) is 52.5 Å². The van der Waals surface area contributed by atoms with E-state index < -0.39 is 5.54 Å². The van der Waals surface area contributed by atoms with Crippen LogP contribution < -0.4 is 0 Å². The fraction of sp³-hybridized carbons (Fsp3) is 0.240. The number of fused-ring (bicyclic) bond motifs is 1. The maximum Gasteiger partial charge on any atom is 0.196 e. The second-order valence-corrected chi connectivity index (χ2v) is 8.41. The molecule has 3 aromatic rings. The first kappa shape index (κ1) is 20.1. The van der Waals surface area contributed by atoms with Crippen molar-refractivity contribution in [2.75, 3.05) is 26.2 Å². The van der Waals surface area contributed by atoms with E-state index in [1.165, 1.54) is 0 Å². The Kier molecular flexibility index (Phi) is 5.18. The molecule has 1 saturated heterocycles. The van der Waals surface area contributed by atoms with E-state index in [9.17, 15) is 9.59 Å². The van der Waals surface area contributed by atoms with Crippen LogP contribution >= 0.6 is 11.6 Å². The highest BCUT2D eigenvalue weighted by Crippen LogP contribution is 2.42. The number of carbonyl (C=O) groups excluding carboxylic acids is 2. The number of rotatable bonds is 4. The van der Waals surface area contributed by atoms with Crippen molar-refractivity contribution >= 4 is 23.2 Å². The molecule has 2 heterocycles. The number of nitrogens with zero attached hydrogens (tertiary/aromatic N) is 3. The van der Waals surface area contributed by atoms with E-state index in [2.05, 4.69) is 14.8 Å². The van der Waals surface area contributed by atoms with Crippen molar-refractivity contribution in [2.24, 2.45) is 0 Å². The predicted molar refractivity (Wildman–Crippen MR) is 119 cm³/mol. The zero-order chi connectivity index (χ0) is 21.4. The van der Waals surface area contributed by atoms with Gasteiger partial charge in [0.05, 0.1) is 0 Å². The molecule has 1 aromatic heterocycles. The summed E-state index contributed by atoms with van der Waals surface area (Å²) in [5, 5.41) is 0.759. The molecule has 0 amide bonds. The van der Waals surface area contributed by atoms with E-state index in [0.29, 0.717) is 29.8 Å². The molecule has 0 atom stereocenters. The standard InChI is InChI=1S/C25H22ClN3O2/c26-22-8-4-1-5-18(22)17-28-13-15-29(16-14-28)25(19-9-11-27-12-10-19)23(30)20-6-2-3-7-21(20)24(25)31/h1-12H,13-17H2. The summed E-state index contributed by atoms with van der Waals surface area (Å²) in [6.45, 7) is 3.46. The lowest BCUT2D eigenvalue weighted by Crippen LogP contribution is -2.60. The fourth-order valence-corrected chi connectivity index (χ4v) is 5.00. The molecule has 156 valence electrons. The monoisotopic (exact) mass is 431 g/mol. The number of carbonyl (C=O) groups is 2. The van der Waals surface area contributed by atoms with Gasteiger partial charge in [-0.3, -0.25) is 24.4 Å². The lowest BCUT2D eigenvalue weighted by atomic mass is 9.83. The van der Waals surface area contributed by atoms with Gasteiger partial charge in [0.2, 0.25) is 0 Å². The van der Waals surface area contributed by atoms with Crippen LogP contribution in [-0.2, 0) is 12.1 Å². The molecule has 0 N–H and O–H groups in total. The summed E-state index contributed by atoms with van der Waals surface area (Å²) in [6.07, 6.45) is 3.29. The van der Waals surface area contributed by atoms with Gasteiger partial charge in [-0.2, -0.15) is 0 Å². The number of hydrogen-bond donors (Lipinski definition) is 0. The van der Waals surface area contributed by atoms with Gasteiger partial charge in [-0.15, -0.1) is 0 Å². The van der Waals surface area contributed by atoms with Crippen LogP contribution in [0.4, 0.5) is 0 Å². The predicted octanol–water partition coefficient (Wildman–Crippen LogP) is 3.83. The van der Waals surface area contributed by atoms with Gasteiger partial charge in [0.25, 0.3) is 0 Å². The Balaban J connectivity index is 1.46. The van der Waals surface area contributed by atoms with E-state index in [0.717, 1.165) is 30.2 Å². The molecule has 0 unspecified atom stereocenters. The fourth-order valence-electron chi connectivity index (χ4n) is 4.81. The van der Waals surface area contributed by atoms with Gasteiger partial charge in [-0.1, -0.05) is 54.1 Å². The molecular weight excluding hydrogens is 410 g/mol. The van der Waals surface area contributed by atoms with Gasteiger partial charge in [0.15, 0.2) is 17.1 Å². The summed E-state index contributed by atoms with van der Waals surface area (Å²) < 4.78 is 0. The minimum Gasteiger partial charge on any atom is -0.296 e. The van der Waals surface area contributed by atoms with Crippen LogP contribution in [0.1, 0.15) is 31.8 Å². The van der Waals surface area contributed by atoms with Crippen LogP contribution in [0, 0.1) is 0 Å². The largest absolute Gasteiger partial charge is 0.296 e. The van der Waals surface area contributed by atoms with Crippen molar-refractivity contribution in [1.82, 2.24) is 14.8 Å². The number of hydrogen-bond acceptors (Lipinski definition) is 5. The highest BCUT2D eigenvalue weighted by molar-refractivity contribution is 6.33. The van der Waals surface area contributed by atoms with Crippen LogP contribution in [0.25, 0.3) is 0 Å². The smallest absolute Gasteiger partial charge is 0.196 e. The summed E-state index contributed by atoms with van der Waals surface area (Å²) in [4.78, 5) is 35.9. The molecule has 6 heteroatoms. The number of halogens is 1. The molecule has 0 spiro atoms. The average Bonchev–Trinajstić information content (AvgIpc) is 3.04. The third kappa shape index (κ3) is 3.21. The van der Waals surface area contributed by atoms with E-state index in [1.807, 2.05) is 36.4 Å². The Morgan fingerprint density at radius 1 is 0.806 bits per heavy atom. The Bertz CT molecular complexity index is 1110. The molecule has 2 aliphatic rings. The van der Waals surface area contributed by atoms with Crippen molar-refractivity contribution in [1.29, 1.82) is 0 Å². The minimum atomic E-state index is -1.32. The maximum atomic E-state index is 13.7. The van der Waals surface area contributed by atoms with Gasteiger partial charge in [-0.25, -0.2) is 0 Å². The average molecular weight is 432 g/mol. The summed E-state index contributed by atoms with van der Waals surface area (Å²) >= 11 is 6.34. The Hall–Kier alpha value is -2.86. The third-order valence-corrected chi connectivity index (χ3v) is 6.74. The SMILES string of the molecule is O=C1c2ccccc2C(=O)C1(c1ccncc1)N1CCN(Cc2ccccc2Cl)CC1. The molecule has 5 rings (SSSR count). The lowest BCUT2D eigenvalue weighted by molar-refractivity contribution is 0.0279. The zero-order valence-corrected chi connectivity index (χ0v) is 17.8. The molecule has 5 nitrogen and oxygen atoms in total. The zero-order valence-electron chi connectivity index (χ0n) is 17.0. The van der Waals surface area contributed by atoms with E-state index in [1.54, 1.807) is 36.7 Å². The highest BCUT2D eigenvalue weighted by atomic mass is 35.5.